The molecule has 2 aromatic heterocycles. The molecular formula is C21H20N4O4S. The van der Waals surface area contributed by atoms with E-state index >= 15 is 0 Å². The summed E-state index contributed by atoms with van der Waals surface area (Å²) in [4.78, 5) is 25.3. The van der Waals surface area contributed by atoms with Gasteiger partial charge in [0.25, 0.3) is 5.56 Å². The van der Waals surface area contributed by atoms with Crippen LogP contribution < -0.4 is 20.3 Å². The van der Waals surface area contributed by atoms with E-state index in [-0.39, 0.29) is 12.2 Å². The summed E-state index contributed by atoms with van der Waals surface area (Å²) in [6.45, 7) is -0.0176. The highest BCUT2D eigenvalue weighted by atomic mass is 32.1. The zero-order valence-corrected chi connectivity index (χ0v) is 17.2. The number of aliphatic hydroxyl groups excluding tert-OH is 1. The van der Waals surface area contributed by atoms with Crippen LogP contribution in [0.25, 0.3) is 10.9 Å². The second-order valence-corrected chi connectivity index (χ2v) is 7.64. The number of benzene rings is 2. The normalized spacial score (nSPS) is 10.9. The highest BCUT2D eigenvalue weighted by molar-refractivity contribution is 7.15. The first-order valence-electron chi connectivity index (χ1n) is 9.16. The first-order chi connectivity index (χ1) is 14.6. The minimum absolute atomic E-state index is 0.0176. The monoisotopic (exact) mass is 424 g/mol. The van der Waals surface area contributed by atoms with Crippen molar-refractivity contribution >= 4 is 33.1 Å². The lowest BCUT2D eigenvalue weighted by molar-refractivity contribution is 0.282. The van der Waals surface area contributed by atoms with E-state index in [1.165, 1.54) is 18.4 Å². The molecule has 3 N–H and O–H groups in total. The molecule has 2 heterocycles. The largest absolute Gasteiger partial charge is 0.493 e. The summed E-state index contributed by atoms with van der Waals surface area (Å²) in [5.41, 5.74) is 1.97. The molecule has 9 heteroatoms. The van der Waals surface area contributed by atoms with E-state index < -0.39 is 0 Å². The summed E-state index contributed by atoms with van der Waals surface area (Å²) in [6.07, 6.45) is 2.19. The average molecular weight is 424 g/mol. The van der Waals surface area contributed by atoms with Crippen LogP contribution in [0, 0.1) is 0 Å². The maximum atomic E-state index is 12.5. The van der Waals surface area contributed by atoms with Crippen LogP contribution in [0.15, 0.2) is 47.4 Å². The van der Waals surface area contributed by atoms with Crippen molar-refractivity contribution in [3.05, 3.63) is 69.2 Å². The van der Waals surface area contributed by atoms with Gasteiger partial charge in [-0.3, -0.25) is 4.79 Å². The number of H-pyrrole nitrogens is 1. The number of aromatic amines is 1. The molecule has 0 fully saturated rings. The number of fused-ring (bicyclic) bond motifs is 1. The van der Waals surface area contributed by atoms with Crippen molar-refractivity contribution in [3.63, 3.8) is 0 Å². The number of nitrogens with one attached hydrogen (secondary N) is 2. The molecule has 0 atom stereocenters. The molecule has 154 valence electrons. The zero-order valence-electron chi connectivity index (χ0n) is 16.4. The van der Waals surface area contributed by atoms with Gasteiger partial charge in [-0.2, -0.15) is 0 Å². The van der Waals surface area contributed by atoms with Crippen LogP contribution in [0.1, 0.15) is 16.3 Å². The molecule has 0 saturated carbocycles. The Morgan fingerprint density at radius 1 is 1.17 bits per heavy atom. The molecule has 0 saturated heterocycles. The number of aromatic nitrogens is 3. The number of rotatable bonds is 7. The van der Waals surface area contributed by atoms with Gasteiger partial charge in [0.05, 0.1) is 31.7 Å². The van der Waals surface area contributed by atoms with Crippen molar-refractivity contribution in [1.29, 1.82) is 0 Å². The summed E-state index contributed by atoms with van der Waals surface area (Å²) < 4.78 is 10.6. The summed E-state index contributed by atoms with van der Waals surface area (Å²) in [5, 5.41) is 13.6. The number of hydrogen-bond donors (Lipinski definition) is 3. The Balaban J connectivity index is 1.57. The van der Waals surface area contributed by atoms with Gasteiger partial charge in [0.1, 0.15) is 5.82 Å². The molecule has 2 aromatic carbocycles. The third kappa shape index (κ3) is 4.12. The predicted octanol–water partition coefficient (Wildman–Crippen LogP) is 3.22. The molecular weight excluding hydrogens is 404 g/mol. The van der Waals surface area contributed by atoms with Crippen LogP contribution in [0.5, 0.6) is 11.5 Å². The van der Waals surface area contributed by atoms with Gasteiger partial charge in [-0.25, -0.2) is 9.97 Å². The standard InChI is InChI=1S/C21H20N4O4S/c1-28-17-8-15-16(9-18(17)29-2)24-19(25-20(15)27)7-14-10-22-21(30-14)23-13-5-3-4-12(6-13)11-26/h3-6,8-10,26H,7,11H2,1-2H3,(H,22,23)(H,24,25,27). The molecule has 0 aliphatic rings. The number of nitrogens with zero attached hydrogens (tertiary/aromatic N) is 2. The van der Waals surface area contributed by atoms with E-state index in [9.17, 15) is 9.90 Å². The first kappa shape index (κ1) is 19.9. The fraction of sp³-hybridized carbons (Fsp3) is 0.190. The maximum Gasteiger partial charge on any atom is 0.258 e. The summed E-state index contributed by atoms with van der Waals surface area (Å²) in [7, 11) is 3.06. The van der Waals surface area contributed by atoms with Gasteiger partial charge in [-0.15, -0.1) is 11.3 Å². The molecule has 4 rings (SSSR count). The Hall–Kier alpha value is -3.43. The lowest BCUT2D eigenvalue weighted by Crippen LogP contribution is -2.12. The fourth-order valence-corrected chi connectivity index (χ4v) is 3.92. The van der Waals surface area contributed by atoms with E-state index in [2.05, 4.69) is 20.3 Å². The summed E-state index contributed by atoms with van der Waals surface area (Å²) in [6, 6.07) is 10.8. The third-order valence-corrected chi connectivity index (χ3v) is 5.43. The maximum absolute atomic E-state index is 12.5. The number of thiazole rings is 1. The van der Waals surface area contributed by atoms with E-state index in [0.717, 1.165) is 21.3 Å². The van der Waals surface area contributed by atoms with Gasteiger partial charge in [0, 0.05) is 29.2 Å². The number of ether oxygens (including phenoxy) is 2. The van der Waals surface area contributed by atoms with Crippen molar-refractivity contribution in [2.75, 3.05) is 19.5 Å². The Kier molecular flexibility index (Phi) is 5.64. The van der Waals surface area contributed by atoms with Gasteiger partial charge in [-0.05, 0) is 23.8 Å². The number of aliphatic hydroxyl groups is 1. The number of methoxy groups -OCH3 is 2. The van der Waals surface area contributed by atoms with Gasteiger partial charge in [0.15, 0.2) is 16.6 Å². The number of hydrogen-bond acceptors (Lipinski definition) is 8. The Bertz CT molecular complexity index is 1250. The smallest absolute Gasteiger partial charge is 0.258 e. The highest BCUT2D eigenvalue weighted by Gasteiger charge is 2.12. The fourth-order valence-electron chi connectivity index (χ4n) is 3.08. The molecule has 8 nitrogen and oxygen atoms in total. The van der Waals surface area contributed by atoms with E-state index in [4.69, 9.17) is 9.47 Å². The summed E-state index contributed by atoms with van der Waals surface area (Å²) >= 11 is 1.47. The van der Waals surface area contributed by atoms with E-state index in [1.54, 1.807) is 25.4 Å². The van der Waals surface area contributed by atoms with Crippen molar-refractivity contribution < 1.29 is 14.6 Å². The van der Waals surface area contributed by atoms with Crippen molar-refractivity contribution in [1.82, 2.24) is 15.0 Å². The van der Waals surface area contributed by atoms with Gasteiger partial charge < -0.3 is 24.9 Å². The van der Waals surface area contributed by atoms with Crippen LogP contribution in [-0.4, -0.2) is 34.3 Å². The molecule has 30 heavy (non-hydrogen) atoms. The van der Waals surface area contributed by atoms with Gasteiger partial charge in [-0.1, -0.05) is 12.1 Å². The lowest BCUT2D eigenvalue weighted by Gasteiger charge is -2.09. The molecule has 0 spiro atoms. The minimum Gasteiger partial charge on any atom is -0.493 e. The topological polar surface area (TPSA) is 109 Å². The van der Waals surface area contributed by atoms with Crippen molar-refractivity contribution in [2.24, 2.45) is 0 Å². The van der Waals surface area contributed by atoms with Crippen LogP contribution in [0.2, 0.25) is 0 Å². The van der Waals surface area contributed by atoms with E-state index in [1.807, 2.05) is 24.3 Å². The van der Waals surface area contributed by atoms with Crippen LogP contribution >= 0.6 is 11.3 Å². The zero-order chi connectivity index (χ0) is 21.1. The molecule has 4 aromatic rings. The van der Waals surface area contributed by atoms with E-state index in [0.29, 0.717) is 34.6 Å². The summed E-state index contributed by atoms with van der Waals surface area (Å²) in [5.74, 6) is 1.54. The quantitative estimate of drug-likeness (QED) is 0.418. The number of anilines is 2. The SMILES string of the molecule is COc1cc2nc(Cc3cnc(Nc4cccc(CO)c4)s3)[nH]c(=O)c2cc1OC. The van der Waals surface area contributed by atoms with Crippen LogP contribution in [0.3, 0.4) is 0 Å². The average Bonchev–Trinajstić information content (AvgIpc) is 3.19. The highest BCUT2D eigenvalue weighted by Crippen LogP contribution is 2.30. The van der Waals surface area contributed by atoms with Crippen LogP contribution in [-0.2, 0) is 13.0 Å². The molecule has 0 amide bonds. The first-order valence-corrected chi connectivity index (χ1v) is 9.97. The van der Waals surface area contributed by atoms with Gasteiger partial charge in [0.2, 0.25) is 0 Å². The second-order valence-electron chi connectivity index (χ2n) is 6.53. The molecule has 0 radical (unpaired) electrons. The Morgan fingerprint density at radius 2 is 1.97 bits per heavy atom. The lowest BCUT2D eigenvalue weighted by atomic mass is 10.2. The predicted molar refractivity (Wildman–Crippen MR) is 116 cm³/mol. The van der Waals surface area contributed by atoms with Crippen molar-refractivity contribution in [2.45, 2.75) is 13.0 Å². The minimum atomic E-state index is -0.236. The third-order valence-electron chi connectivity index (χ3n) is 4.52. The molecule has 0 aliphatic heterocycles. The molecule has 0 bridgehead atoms. The molecule has 0 unspecified atom stereocenters. The molecule has 0 aliphatic carbocycles. The van der Waals surface area contributed by atoms with Crippen molar-refractivity contribution in [3.8, 4) is 11.5 Å². The van der Waals surface area contributed by atoms with Crippen LogP contribution in [0.4, 0.5) is 10.8 Å². The Morgan fingerprint density at radius 3 is 2.73 bits per heavy atom. The van der Waals surface area contributed by atoms with Gasteiger partial charge >= 0.3 is 0 Å². The second kappa shape index (κ2) is 8.52. The Labute approximate surface area is 176 Å².